The number of amides is 2. The summed E-state index contributed by atoms with van der Waals surface area (Å²) in [5, 5.41) is 8.91. The highest BCUT2D eigenvalue weighted by Crippen LogP contribution is 2.13. The van der Waals surface area contributed by atoms with Gasteiger partial charge in [-0.3, -0.25) is 25.5 Å². The topological polar surface area (TPSA) is 99.8 Å². The first-order valence-corrected chi connectivity index (χ1v) is 9.58. The number of carbonyl (C=O) groups excluding carboxylic acids is 2. The monoisotopic (exact) mass is 403 g/mol. The largest absolute Gasteiger partial charge is 0.279 e. The third-order valence-electron chi connectivity index (χ3n) is 3.18. The lowest BCUT2D eigenvalue weighted by molar-refractivity contribution is -0.119. The normalized spacial score (nSPS) is 10.9. The summed E-state index contributed by atoms with van der Waals surface area (Å²) in [5.41, 5.74) is 5.50. The zero-order valence-electron chi connectivity index (χ0n) is 13.8. The van der Waals surface area contributed by atoms with E-state index in [1.807, 2.05) is 0 Å². The van der Waals surface area contributed by atoms with Gasteiger partial charge in [-0.05, 0) is 35.2 Å². The first-order valence-electron chi connectivity index (χ1n) is 7.72. The molecule has 0 aliphatic rings. The summed E-state index contributed by atoms with van der Waals surface area (Å²) in [7, 11) is 0. The predicted molar refractivity (Wildman–Crippen MR) is 102 cm³/mol. The molecule has 2 amide bonds. The molecule has 0 saturated carbocycles. The molecule has 0 aliphatic carbocycles. The second-order valence-electron chi connectivity index (χ2n) is 5.16. The van der Waals surface area contributed by atoms with Gasteiger partial charge >= 0.3 is 0 Å². The third kappa shape index (κ3) is 5.76. The maximum absolute atomic E-state index is 12.9. The van der Waals surface area contributed by atoms with Gasteiger partial charge in [0.2, 0.25) is 11.1 Å². The van der Waals surface area contributed by atoms with Gasteiger partial charge in [-0.2, -0.15) is 0 Å². The Morgan fingerprint density at radius 1 is 1.19 bits per heavy atom. The molecule has 0 radical (unpaired) electrons. The van der Waals surface area contributed by atoms with Crippen LogP contribution in [0.15, 0.2) is 46.9 Å². The number of halogens is 1. The van der Waals surface area contributed by atoms with E-state index in [9.17, 15) is 14.0 Å². The van der Waals surface area contributed by atoms with Crippen LogP contribution in [0.5, 0.6) is 0 Å². The number of thiophene rings is 1. The number of H-pyrrole nitrogens is 1. The number of rotatable bonds is 6. The number of hydrogen-bond acceptors (Lipinski definition) is 6. The minimum atomic E-state index is -0.377. The zero-order chi connectivity index (χ0) is 19.1. The van der Waals surface area contributed by atoms with Gasteiger partial charge in [-0.15, -0.1) is 16.4 Å². The summed E-state index contributed by atoms with van der Waals surface area (Å²) in [6.45, 7) is 0. The standard InChI is InChI=1S/C17H14FN5O2S2/c18-12-6-3-11(4-7-12)5-8-14-19-17(23-20-14)27-10-15(24)21-22-16(25)13-2-1-9-26-13/h1-9H,10H2,(H,21,24)(H,22,25)(H,19,20,23)/b8-5+. The van der Waals surface area contributed by atoms with Crippen molar-refractivity contribution >= 4 is 47.1 Å². The number of benzene rings is 1. The number of hydrogen-bond donors (Lipinski definition) is 3. The second kappa shape index (κ2) is 9.10. The molecule has 0 spiro atoms. The molecule has 0 saturated heterocycles. The molecule has 2 aromatic heterocycles. The molecule has 138 valence electrons. The molecule has 0 bridgehead atoms. The molecule has 3 rings (SSSR count). The molecule has 0 unspecified atom stereocenters. The van der Waals surface area contributed by atoms with Crippen molar-refractivity contribution in [3.05, 3.63) is 63.9 Å². The average Bonchev–Trinajstić information content (AvgIpc) is 3.36. The Morgan fingerprint density at radius 3 is 2.74 bits per heavy atom. The van der Waals surface area contributed by atoms with E-state index in [2.05, 4.69) is 26.0 Å². The number of aromatic amines is 1. The Labute approximate surface area is 162 Å². The predicted octanol–water partition coefficient (Wildman–Crippen LogP) is 2.73. The van der Waals surface area contributed by atoms with Crippen molar-refractivity contribution in [2.45, 2.75) is 5.16 Å². The summed E-state index contributed by atoms with van der Waals surface area (Å²) in [4.78, 5) is 28.2. The summed E-state index contributed by atoms with van der Waals surface area (Å²) >= 11 is 2.41. The fourth-order valence-electron chi connectivity index (χ4n) is 1.91. The molecule has 3 aromatic rings. The molecule has 0 aliphatic heterocycles. The number of hydrazine groups is 1. The van der Waals surface area contributed by atoms with Crippen molar-refractivity contribution in [3.8, 4) is 0 Å². The van der Waals surface area contributed by atoms with Crippen LogP contribution < -0.4 is 10.9 Å². The van der Waals surface area contributed by atoms with E-state index in [4.69, 9.17) is 0 Å². The molecular weight excluding hydrogens is 389 g/mol. The van der Waals surface area contributed by atoms with Crippen molar-refractivity contribution in [1.29, 1.82) is 0 Å². The first-order chi connectivity index (χ1) is 13.1. The maximum atomic E-state index is 12.9. The summed E-state index contributed by atoms with van der Waals surface area (Å²) in [5.74, 6) is -0.486. The van der Waals surface area contributed by atoms with Crippen molar-refractivity contribution in [3.63, 3.8) is 0 Å². The van der Waals surface area contributed by atoms with Gasteiger partial charge in [0.25, 0.3) is 5.91 Å². The quantitative estimate of drug-likeness (QED) is 0.434. The molecule has 10 heteroatoms. The van der Waals surface area contributed by atoms with Crippen LogP contribution in [0.25, 0.3) is 12.2 Å². The number of aromatic nitrogens is 3. The van der Waals surface area contributed by atoms with Gasteiger partial charge in [0.05, 0.1) is 10.6 Å². The number of carbonyl (C=O) groups is 2. The fourth-order valence-corrected chi connectivity index (χ4v) is 3.13. The molecule has 1 aromatic carbocycles. The van der Waals surface area contributed by atoms with Gasteiger partial charge in [0.15, 0.2) is 0 Å². The van der Waals surface area contributed by atoms with Crippen molar-refractivity contribution in [1.82, 2.24) is 26.0 Å². The first kappa shape index (κ1) is 18.8. The Balaban J connectivity index is 1.44. The number of nitrogens with zero attached hydrogens (tertiary/aromatic N) is 2. The summed E-state index contributed by atoms with van der Waals surface area (Å²) < 4.78 is 12.9. The molecule has 3 N–H and O–H groups in total. The van der Waals surface area contributed by atoms with Gasteiger partial charge in [0, 0.05) is 0 Å². The van der Waals surface area contributed by atoms with E-state index in [-0.39, 0.29) is 23.4 Å². The van der Waals surface area contributed by atoms with Crippen LogP contribution >= 0.6 is 23.1 Å². The van der Waals surface area contributed by atoms with Gasteiger partial charge in [-0.1, -0.05) is 36.0 Å². The van der Waals surface area contributed by atoms with Crippen molar-refractivity contribution in [2.75, 3.05) is 5.75 Å². The highest BCUT2D eigenvalue weighted by atomic mass is 32.2. The highest BCUT2D eigenvalue weighted by molar-refractivity contribution is 7.99. The van der Waals surface area contributed by atoms with Crippen molar-refractivity contribution in [2.24, 2.45) is 0 Å². The average molecular weight is 403 g/mol. The molecule has 0 fully saturated rings. The molecule has 27 heavy (non-hydrogen) atoms. The second-order valence-corrected chi connectivity index (χ2v) is 7.05. The lowest BCUT2D eigenvalue weighted by Crippen LogP contribution is -2.42. The van der Waals surface area contributed by atoms with E-state index < -0.39 is 0 Å². The SMILES string of the molecule is O=C(CSc1n[nH]c(/C=C/c2ccc(F)cc2)n1)NNC(=O)c1cccs1. The van der Waals surface area contributed by atoms with Crippen LogP contribution in [0, 0.1) is 5.82 Å². The zero-order valence-corrected chi connectivity index (χ0v) is 15.4. The molecule has 0 atom stereocenters. The van der Waals surface area contributed by atoms with Crippen LogP contribution in [0.2, 0.25) is 0 Å². The maximum Gasteiger partial charge on any atom is 0.279 e. The number of nitrogens with one attached hydrogen (secondary N) is 3. The third-order valence-corrected chi connectivity index (χ3v) is 4.89. The van der Waals surface area contributed by atoms with E-state index >= 15 is 0 Å². The van der Waals surface area contributed by atoms with Crippen LogP contribution in [-0.2, 0) is 4.79 Å². The minimum absolute atomic E-state index is 0.0453. The fraction of sp³-hybridized carbons (Fsp3) is 0.0588. The number of thioether (sulfide) groups is 1. The molecule has 2 heterocycles. The smallest absolute Gasteiger partial charge is 0.272 e. The van der Waals surface area contributed by atoms with Gasteiger partial charge in [-0.25, -0.2) is 9.37 Å². The lowest BCUT2D eigenvalue weighted by Gasteiger charge is -2.04. The van der Waals surface area contributed by atoms with Gasteiger partial charge in [0.1, 0.15) is 11.6 Å². The Morgan fingerprint density at radius 2 is 2.00 bits per heavy atom. The summed E-state index contributed by atoms with van der Waals surface area (Å²) in [6, 6.07) is 9.45. The van der Waals surface area contributed by atoms with E-state index in [1.54, 1.807) is 41.8 Å². The minimum Gasteiger partial charge on any atom is -0.272 e. The lowest BCUT2D eigenvalue weighted by atomic mass is 10.2. The van der Waals surface area contributed by atoms with E-state index in [1.165, 1.54) is 23.5 Å². The Kier molecular flexibility index (Phi) is 6.34. The molecule has 7 nitrogen and oxygen atoms in total. The Bertz CT molecular complexity index is 939. The van der Waals surface area contributed by atoms with E-state index in [0.717, 1.165) is 17.3 Å². The van der Waals surface area contributed by atoms with Crippen molar-refractivity contribution < 1.29 is 14.0 Å². The van der Waals surface area contributed by atoms with Crippen LogP contribution in [0.4, 0.5) is 4.39 Å². The van der Waals surface area contributed by atoms with Crippen LogP contribution in [0.3, 0.4) is 0 Å². The van der Waals surface area contributed by atoms with Crippen LogP contribution in [0.1, 0.15) is 21.1 Å². The summed E-state index contributed by atoms with van der Waals surface area (Å²) in [6.07, 6.45) is 3.47. The van der Waals surface area contributed by atoms with E-state index in [0.29, 0.717) is 15.9 Å². The molecular formula is C17H14FN5O2S2. The van der Waals surface area contributed by atoms with Crippen LogP contribution in [-0.4, -0.2) is 32.7 Å². The van der Waals surface area contributed by atoms with Gasteiger partial charge < -0.3 is 0 Å². The highest BCUT2D eigenvalue weighted by Gasteiger charge is 2.10. The Hall–Kier alpha value is -2.98.